The summed E-state index contributed by atoms with van der Waals surface area (Å²) >= 11 is 0. The number of para-hydroxylation sites is 1. The zero-order valence-electron chi connectivity index (χ0n) is 21.7. The second-order valence-corrected chi connectivity index (χ2v) is 10.0. The summed E-state index contributed by atoms with van der Waals surface area (Å²) in [4.78, 5) is 9.26. The molecule has 6 aromatic rings. The third-order valence-corrected chi connectivity index (χ3v) is 6.85. The number of hydrogen-bond donors (Lipinski definition) is 1. The minimum Gasteiger partial charge on any atom is -0.506 e. The Hall–Kier alpha value is -3.69. The van der Waals surface area contributed by atoms with E-state index in [4.69, 9.17) is 4.74 Å². The Morgan fingerprint density at radius 3 is 2.45 bits per heavy atom. The van der Waals surface area contributed by atoms with Crippen molar-refractivity contribution in [3.05, 3.63) is 96.2 Å². The minimum atomic E-state index is 0. The molecule has 38 heavy (non-hydrogen) atoms. The zero-order valence-corrected chi connectivity index (χ0v) is 23.9. The Bertz CT molecular complexity index is 1780. The zero-order chi connectivity index (χ0) is 25.7. The van der Waals surface area contributed by atoms with Crippen LogP contribution >= 0.6 is 0 Å². The van der Waals surface area contributed by atoms with Crippen LogP contribution in [0.4, 0.5) is 0 Å². The molecular weight excluding hydrogens is 653 g/mol. The van der Waals surface area contributed by atoms with Crippen molar-refractivity contribution in [1.82, 2.24) is 14.5 Å². The molecule has 0 amide bonds. The molecule has 0 spiro atoms. The van der Waals surface area contributed by atoms with Crippen LogP contribution in [0.5, 0.6) is 17.4 Å². The van der Waals surface area contributed by atoms with Gasteiger partial charge < -0.3 is 14.4 Å². The van der Waals surface area contributed by atoms with Gasteiger partial charge in [-0.15, -0.1) is 17.5 Å². The monoisotopic (exact) mass is 681 g/mol. The first-order chi connectivity index (χ1) is 17.9. The van der Waals surface area contributed by atoms with Crippen molar-refractivity contribution in [1.29, 1.82) is 0 Å². The van der Waals surface area contributed by atoms with E-state index in [1.165, 1.54) is 5.56 Å². The Morgan fingerprint density at radius 1 is 0.868 bits per heavy atom. The van der Waals surface area contributed by atoms with Crippen LogP contribution in [0.25, 0.3) is 38.5 Å². The van der Waals surface area contributed by atoms with E-state index in [9.17, 15) is 5.11 Å². The number of phenolic OH excluding ortho intramolecular Hbond substituents is 1. The predicted octanol–water partition coefficient (Wildman–Crippen LogP) is 8.27. The van der Waals surface area contributed by atoms with E-state index in [1.54, 1.807) is 6.07 Å². The molecule has 6 rings (SSSR count). The van der Waals surface area contributed by atoms with Gasteiger partial charge in [-0.2, -0.15) is 6.07 Å². The molecule has 0 atom stereocenters. The molecule has 0 fully saturated rings. The molecule has 3 aromatic heterocycles. The summed E-state index contributed by atoms with van der Waals surface area (Å²) in [7, 11) is 0. The van der Waals surface area contributed by atoms with Gasteiger partial charge in [-0.1, -0.05) is 57.5 Å². The summed E-state index contributed by atoms with van der Waals surface area (Å²) in [6.07, 6.45) is 1.81. The number of hydrogen-bond acceptors (Lipinski definition) is 4. The molecule has 1 N–H and O–H groups in total. The predicted molar refractivity (Wildman–Crippen MR) is 149 cm³/mol. The first-order valence-corrected chi connectivity index (χ1v) is 12.6. The van der Waals surface area contributed by atoms with Crippen molar-refractivity contribution in [2.75, 3.05) is 0 Å². The SMILES string of the molecule is CC(C)c1cc(O)c2nc(Oc3[c-]c4c(cc3)c3cccc(C(C)C)c3n4-c3ccccn3)ccc2c1.[Pt]. The molecule has 0 radical (unpaired) electrons. The average molecular weight is 682 g/mol. The molecule has 0 saturated heterocycles. The number of aromatic hydroxyl groups is 1. The van der Waals surface area contributed by atoms with Gasteiger partial charge in [0.1, 0.15) is 17.1 Å². The number of aromatic nitrogens is 3. The van der Waals surface area contributed by atoms with Crippen LogP contribution in [-0.4, -0.2) is 19.6 Å². The number of rotatable bonds is 5. The first kappa shape index (κ1) is 25.9. The molecule has 0 aliphatic rings. The normalized spacial score (nSPS) is 11.5. The maximum atomic E-state index is 10.6. The van der Waals surface area contributed by atoms with Crippen LogP contribution in [0.3, 0.4) is 0 Å². The van der Waals surface area contributed by atoms with E-state index in [-0.39, 0.29) is 26.8 Å². The van der Waals surface area contributed by atoms with Gasteiger partial charge in [0.2, 0.25) is 5.88 Å². The fourth-order valence-electron chi connectivity index (χ4n) is 4.96. The summed E-state index contributed by atoms with van der Waals surface area (Å²) in [5.74, 6) is 2.59. The van der Waals surface area contributed by atoms with Gasteiger partial charge in [0, 0.05) is 50.0 Å². The summed E-state index contributed by atoms with van der Waals surface area (Å²) in [6.45, 7) is 8.62. The standard InChI is InChI=1S/C32H28N3O2.Pt/c1-19(2)22-16-21-11-14-30(34-31(21)28(36)17-22)37-23-12-13-25-26-9-7-8-24(20(3)4)32(26)35(27(25)18-23)29-10-5-6-15-33-29;/h5-17,19-20,36H,1-4H3;/q-1;. The van der Waals surface area contributed by atoms with Crippen molar-refractivity contribution in [3.8, 4) is 23.2 Å². The number of benzene rings is 3. The Morgan fingerprint density at radius 2 is 1.71 bits per heavy atom. The number of ether oxygens (including phenoxy) is 1. The van der Waals surface area contributed by atoms with E-state index < -0.39 is 0 Å². The molecule has 0 bridgehead atoms. The van der Waals surface area contributed by atoms with Gasteiger partial charge in [0.25, 0.3) is 0 Å². The minimum absolute atomic E-state index is 0. The van der Waals surface area contributed by atoms with Crippen molar-refractivity contribution in [2.24, 2.45) is 0 Å². The van der Waals surface area contributed by atoms with E-state index in [0.29, 0.717) is 29.0 Å². The third kappa shape index (κ3) is 4.46. The number of fused-ring (bicyclic) bond motifs is 4. The van der Waals surface area contributed by atoms with Gasteiger partial charge in [-0.25, -0.2) is 9.97 Å². The Balaban J connectivity index is 0.00000294. The fourth-order valence-corrected chi connectivity index (χ4v) is 4.96. The molecule has 194 valence electrons. The largest absolute Gasteiger partial charge is 0.506 e. The fraction of sp³-hybridized carbons (Fsp3) is 0.188. The van der Waals surface area contributed by atoms with E-state index in [2.05, 4.69) is 78.6 Å². The van der Waals surface area contributed by atoms with Crippen LogP contribution in [0.1, 0.15) is 50.7 Å². The van der Waals surface area contributed by atoms with Crippen molar-refractivity contribution < 1.29 is 30.9 Å². The topological polar surface area (TPSA) is 60.2 Å². The maximum Gasteiger partial charge on any atom is 0.217 e. The van der Waals surface area contributed by atoms with Gasteiger partial charge in [-0.05, 0) is 58.7 Å². The van der Waals surface area contributed by atoms with Crippen LogP contribution < -0.4 is 4.74 Å². The van der Waals surface area contributed by atoms with Gasteiger partial charge in [-0.3, -0.25) is 0 Å². The smallest absolute Gasteiger partial charge is 0.217 e. The second kappa shape index (κ2) is 10.2. The summed E-state index contributed by atoms with van der Waals surface area (Å²) in [5.41, 5.74) is 4.87. The van der Waals surface area contributed by atoms with Crippen molar-refractivity contribution in [3.63, 3.8) is 0 Å². The Kier molecular flexibility index (Phi) is 6.98. The second-order valence-electron chi connectivity index (χ2n) is 10.0. The van der Waals surface area contributed by atoms with Crippen LogP contribution in [-0.2, 0) is 21.1 Å². The number of nitrogens with zero attached hydrogens (tertiary/aromatic N) is 3. The van der Waals surface area contributed by atoms with Crippen LogP contribution in [0, 0.1) is 6.07 Å². The molecule has 0 unspecified atom stereocenters. The molecule has 0 saturated carbocycles. The molecule has 6 heteroatoms. The summed E-state index contributed by atoms with van der Waals surface area (Å²) in [5, 5.41) is 13.7. The van der Waals surface area contributed by atoms with Crippen molar-refractivity contribution in [2.45, 2.75) is 39.5 Å². The third-order valence-electron chi connectivity index (χ3n) is 6.85. The van der Waals surface area contributed by atoms with Gasteiger partial charge in [0.05, 0.1) is 0 Å². The van der Waals surface area contributed by atoms with Gasteiger partial charge >= 0.3 is 0 Å². The molecule has 3 aromatic carbocycles. The molecule has 5 nitrogen and oxygen atoms in total. The van der Waals surface area contributed by atoms with Gasteiger partial charge in [0.15, 0.2) is 0 Å². The van der Waals surface area contributed by atoms with Crippen LogP contribution in [0.15, 0.2) is 79.0 Å². The average Bonchev–Trinajstić information content (AvgIpc) is 3.23. The van der Waals surface area contributed by atoms with E-state index in [0.717, 1.165) is 38.6 Å². The molecular formula is C32H28N3O2Pt-. The molecule has 0 aliphatic carbocycles. The van der Waals surface area contributed by atoms with E-state index >= 15 is 0 Å². The summed E-state index contributed by atoms with van der Waals surface area (Å²) < 4.78 is 8.35. The molecule has 3 heterocycles. The number of phenols is 1. The Labute approximate surface area is 236 Å². The van der Waals surface area contributed by atoms with E-state index in [1.807, 2.05) is 42.6 Å². The summed E-state index contributed by atoms with van der Waals surface area (Å²) in [6, 6.07) is 27.4. The molecule has 0 aliphatic heterocycles. The quantitative estimate of drug-likeness (QED) is 0.186. The number of pyridine rings is 2. The van der Waals surface area contributed by atoms with Crippen LogP contribution in [0.2, 0.25) is 0 Å². The maximum absolute atomic E-state index is 10.6. The first-order valence-electron chi connectivity index (χ1n) is 12.6. The van der Waals surface area contributed by atoms with Crippen molar-refractivity contribution >= 4 is 32.7 Å².